The number of nitrogens with zero attached hydrogens (tertiary/aromatic N) is 2. The fraction of sp³-hybridized carbons (Fsp3) is 0.438. The number of ether oxygens (including phenoxy) is 2. The molecule has 0 bridgehead atoms. The van der Waals surface area contributed by atoms with Crippen molar-refractivity contribution in [1.82, 2.24) is 0 Å². The number of nitrogens with two attached hydrogens (primary N) is 1. The molecule has 0 heterocycles. The van der Waals surface area contributed by atoms with E-state index in [0.29, 0.717) is 5.56 Å². The second-order valence-electron chi connectivity index (χ2n) is 5.80. The van der Waals surface area contributed by atoms with Gasteiger partial charge in [-0.15, -0.1) is 20.2 Å². The molecule has 1 rings (SSSR count). The highest BCUT2D eigenvalue weighted by Gasteiger charge is 2.19. The van der Waals surface area contributed by atoms with E-state index < -0.39 is 47.2 Å². The van der Waals surface area contributed by atoms with Crippen molar-refractivity contribution >= 4 is 29.5 Å². The molecule has 0 saturated heterocycles. The smallest absolute Gasteiger partial charge is 0.375 e. The molecule has 0 radical (unpaired) electrons. The standard InChI is InChI=1S/C16H19N3O11S/c1-27-15(21)13(17)8-31-9-14(20)16(22)28-5-10-2-11(6-29-18(23)24)4-12(3-10)7-30-19(25)26/h2-4,13H,5-9,17H2,1H3/t13-/m0/s1. The molecule has 0 spiro atoms. The van der Waals surface area contributed by atoms with E-state index in [1.165, 1.54) is 25.3 Å². The summed E-state index contributed by atoms with van der Waals surface area (Å²) in [5, 5.41) is 18.7. The van der Waals surface area contributed by atoms with Gasteiger partial charge in [0.25, 0.3) is 10.2 Å². The van der Waals surface area contributed by atoms with E-state index in [1.807, 2.05) is 0 Å². The van der Waals surface area contributed by atoms with E-state index in [-0.39, 0.29) is 29.2 Å². The van der Waals surface area contributed by atoms with Crippen LogP contribution < -0.4 is 5.73 Å². The van der Waals surface area contributed by atoms with E-state index in [1.54, 1.807) is 0 Å². The van der Waals surface area contributed by atoms with Crippen LogP contribution in [0, 0.1) is 20.2 Å². The monoisotopic (exact) mass is 461 g/mol. The first-order valence-corrected chi connectivity index (χ1v) is 9.55. The van der Waals surface area contributed by atoms with Crippen LogP contribution in [-0.2, 0) is 53.4 Å². The molecular formula is C16H19N3O11S. The number of carbonyl (C=O) groups is 3. The second kappa shape index (κ2) is 13.0. The third-order valence-electron chi connectivity index (χ3n) is 3.42. The van der Waals surface area contributed by atoms with Crippen LogP contribution in [0.3, 0.4) is 0 Å². The number of ketones is 1. The lowest BCUT2D eigenvalue weighted by Crippen LogP contribution is -2.34. The van der Waals surface area contributed by atoms with Crippen LogP contribution in [0.4, 0.5) is 0 Å². The number of benzene rings is 1. The zero-order chi connectivity index (χ0) is 23.4. The molecule has 1 atom stereocenters. The minimum Gasteiger partial charge on any atom is -0.468 e. The van der Waals surface area contributed by atoms with Gasteiger partial charge in [0, 0.05) is 5.75 Å². The van der Waals surface area contributed by atoms with E-state index >= 15 is 0 Å². The molecule has 2 N–H and O–H groups in total. The van der Waals surface area contributed by atoms with Crippen molar-refractivity contribution in [1.29, 1.82) is 0 Å². The summed E-state index contributed by atoms with van der Waals surface area (Å²) in [5.41, 5.74) is 6.35. The zero-order valence-electron chi connectivity index (χ0n) is 16.2. The Kier molecular flexibility index (Phi) is 10.7. The quantitative estimate of drug-likeness (QED) is 0.167. The van der Waals surface area contributed by atoms with Crippen molar-refractivity contribution in [3.63, 3.8) is 0 Å². The van der Waals surface area contributed by atoms with Gasteiger partial charge in [-0.2, -0.15) is 11.8 Å². The average Bonchev–Trinajstić information content (AvgIpc) is 2.73. The second-order valence-corrected chi connectivity index (χ2v) is 6.83. The Bertz CT molecular complexity index is 797. The predicted molar refractivity (Wildman–Crippen MR) is 102 cm³/mol. The van der Waals surface area contributed by atoms with Crippen molar-refractivity contribution in [2.45, 2.75) is 25.9 Å². The molecule has 14 nitrogen and oxygen atoms in total. The van der Waals surface area contributed by atoms with Crippen LogP contribution in [-0.4, -0.2) is 52.6 Å². The van der Waals surface area contributed by atoms with Gasteiger partial charge >= 0.3 is 11.9 Å². The molecule has 31 heavy (non-hydrogen) atoms. The number of carbonyl (C=O) groups excluding carboxylic acids is 3. The summed E-state index contributed by atoms with van der Waals surface area (Å²) in [5.74, 6) is -2.88. The third-order valence-corrected chi connectivity index (χ3v) is 4.48. The average molecular weight is 461 g/mol. The van der Waals surface area contributed by atoms with Gasteiger partial charge in [-0.25, -0.2) is 4.79 Å². The molecule has 0 aromatic heterocycles. The Hall–Kier alpha value is -3.46. The maximum atomic E-state index is 11.8. The van der Waals surface area contributed by atoms with Crippen molar-refractivity contribution in [3.05, 3.63) is 55.1 Å². The summed E-state index contributed by atoms with van der Waals surface area (Å²) in [7, 11) is 1.17. The Morgan fingerprint density at radius 1 is 1.00 bits per heavy atom. The highest BCUT2D eigenvalue weighted by molar-refractivity contribution is 8.00. The molecule has 0 fully saturated rings. The first kappa shape index (κ1) is 25.6. The molecule has 0 aliphatic rings. The molecule has 1 aromatic rings. The first-order chi connectivity index (χ1) is 14.6. The lowest BCUT2D eigenvalue weighted by Gasteiger charge is -2.10. The number of thioether (sulfide) groups is 1. The first-order valence-electron chi connectivity index (χ1n) is 8.39. The van der Waals surface area contributed by atoms with Gasteiger partial charge < -0.3 is 24.9 Å². The molecule has 0 aliphatic carbocycles. The maximum absolute atomic E-state index is 11.8. The third kappa shape index (κ3) is 10.2. The number of rotatable bonds is 14. The topological polar surface area (TPSA) is 200 Å². The Balaban J connectivity index is 2.66. The van der Waals surface area contributed by atoms with Crippen LogP contribution in [0.1, 0.15) is 16.7 Å². The summed E-state index contributed by atoms with van der Waals surface area (Å²) in [6, 6.07) is 3.25. The molecule has 0 aliphatic heterocycles. The molecule has 0 saturated carbocycles. The number of hydrogen-bond acceptors (Lipinski definition) is 13. The van der Waals surface area contributed by atoms with Gasteiger partial charge in [-0.1, -0.05) is 18.2 Å². The highest BCUT2D eigenvalue weighted by atomic mass is 32.2. The van der Waals surface area contributed by atoms with Gasteiger partial charge in [-0.3, -0.25) is 9.59 Å². The summed E-state index contributed by atoms with van der Waals surface area (Å²) < 4.78 is 9.34. The van der Waals surface area contributed by atoms with Gasteiger partial charge in [0.15, 0.2) is 0 Å². The van der Waals surface area contributed by atoms with Crippen LogP contribution in [0.5, 0.6) is 0 Å². The molecule has 1 aromatic carbocycles. The van der Waals surface area contributed by atoms with Crippen LogP contribution in [0.2, 0.25) is 0 Å². The minimum atomic E-state index is -1.14. The maximum Gasteiger partial charge on any atom is 0.375 e. The SMILES string of the molecule is COC(=O)[C@@H](N)CSCC(=O)C(=O)OCc1cc(CO[N+](=O)[O-])cc(CO[N+](=O)[O-])c1. The van der Waals surface area contributed by atoms with Crippen molar-refractivity contribution in [2.75, 3.05) is 18.6 Å². The van der Waals surface area contributed by atoms with Crippen molar-refractivity contribution in [3.8, 4) is 0 Å². The molecule has 15 heteroatoms. The normalized spacial score (nSPS) is 11.2. The fourth-order valence-electron chi connectivity index (χ4n) is 2.13. The minimum absolute atomic E-state index is 0.0595. The molecule has 0 unspecified atom stereocenters. The Labute approximate surface area is 179 Å². The van der Waals surface area contributed by atoms with Crippen LogP contribution in [0.15, 0.2) is 18.2 Å². The summed E-state index contributed by atoms with van der Waals surface area (Å²) in [6.45, 7) is -1.28. The van der Waals surface area contributed by atoms with Crippen molar-refractivity contribution in [2.24, 2.45) is 5.73 Å². The lowest BCUT2D eigenvalue weighted by molar-refractivity contribution is -0.763. The van der Waals surface area contributed by atoms with Gasteiger partial charge in [-0.05, 0) is 16.7 Å². The van der Waals surface area contributed by atoms with E-state index in [9.17, 15) is 34.6 Å². The number of Topliss-reactive ketones (excluding diaryl/α,β-unsaturated/α-hetero) is 1. The zero-order valence-corrected chi connectivity index (χ0v) is 17.0. The summed E-state index contributed by atoms with van der Waals surface area (Å²) >= 11 is 0.950. The number of methoxy groups -OCH3 is 1. The summed E-state index contributed by atoms with van der Waals surface area (Å²) in [6.07, 6.45) is 0. The lowest BCUT2D eigenvalue weighted by atomic mass is 10.1. The largest absolute Gasteiger partial charge is 0.468 e. The Morgan fingerprint density at radius 3 is 1.94 bits per heavy atom. The molecular weight excluding hydrogens is 442 g/mol. The van der Waals surface area contributed by atoms with E-state index in [0.717, 1.165) is 11.8 Å². The van der Waals surface area contributed by atoms with Gasteiger partial charge in [0.2, 0.25) is 5.78 Å². The van der Waals surface area contributed by atoms with Crippen LogP contribution in [0.25, 0.3) is 0 Å². The molecule has 170 valence electrons. The molecule has 0 amide bonds. The fourth-order valence-corrected chi connectivity index (χ4v) is 2.94. The number of hydrogen-bond donors (Lipinski definition) is 1. The van der Waals surface area contributed by atoms with Gasteiger partial charge in [0.1, 0.15) is 25.9 Å². The van der Waals surface area contributed by atoms with Gasteiger partial charge in [0.05, 0.1) is 12.9 Å². The summed E-state index contributed by atoms with van der Waals surface area (Å²) in [4.78, 5) is 64.1. The van der Waals surface area contributed by atoms with E-state index in [2.05, 4.69) is 14.4 Å². The van der Waals surface area contributed by atoms with E-state index in [4.69, 9.17) is 10.5 Å². The van der Waals surface area contributed by atoms with Crippen molar-refractivity contribution < 1.29 is 43.7 Å². The predicted octanol–water partition coefficient (Wildman–Crippen LogP) is -0.0510. The highest BCUT2D eigenvalue weighted by Crippen LogP contribution is 2.15. The number of esters is 2. The Morgan fingerprint density at radius 2 is 1.48 bits per heavy atom. The van der Waals surface area contributed by atoms with Crippen LogP contribution >= 0.6 is 11.8 Å².